The van der Waals surface area contributed by atoms with Crippen LogP contribution in [-0.2, 0) is 11.3 Å². The lowest BCUT2D eigenvalue weighted by Crippen LogP contribution is -2.45. The number of nitrogens with zero attached hydrogens (tertiary/aromatic N) is 2. The number of amides is 1. The maximum atomic E-state index is 11.9. The van der Waals surface area contributed by atoms with Gasteiger partial charge in [0.2, 0.25) is 5.91 Å². The van der Waals surface area contributed by atoms with Gasteiger partial charge in [-0.15, -0.1) is 24.0 Å². The highest BCUT2D eigenvalue weighted by molar-refractivity contribution is 14.0. The molecule has 1 aromatic carbocycles. The van der Waals surface area contributed by atoms with Crippen LogP contribution >= 0.6 is 24.0 Å². The predicted molar refractivity (Wildman–Crippen MR) is 118 cm³/mol. The van der Waals surface area contributed by atoms with Gasteiger partial charge in [-0.2, -0.15) is 0 Å². The molecule has 6 nitrogen and oxygen atoms in total. The van der Waals surface area contributed by atoms with Gasteiger partial charge in [0.15, 0.2) is 5.96 Å². The fourth-order valence-corrected chi connectivity index (χ4v) is 3.16. The number of benzene rings is 1. The van der Waals surface area contributed by atoms with Crippen LogP contribution in [0, 0.1) is 0 Å². The number of rotatable bonds is 8. The number of guanidine groups is 1. The second kappa shape index (κ2) is 12.9. The average molecular weight is 473 g/mol. The van der Waals surface area contributed by atoms with Crippen molar-refractivity contribution < 1.29 is 4.79 Å². The Bertz CT molecular complexity index is 552. The Kier molecular flexibility index (Phi) is 11.3. The first-order chi connectivity index (χ1) is 12.2. The maximum absolute atomic E-state index is 11.9. The molecule has 1 aliphatic heterocycles. The molecule has 0 bridgehead atoms. The second-order valence-electron chi connectivity index (χ2n) is 6.32. The van der Waals surface area contributed by atoms with Crippen LogP contribution in [0.5, 0.6) is 0 Å². The van der Waals surface area contributed by atoms with Crippen molar-refractivity contribution in [2.24, 2.45) is 4.99 Å². The topological polar surface area (TPSA) is 68.8 Å². The Morgan fingerprint density at radius 2 is 2.00 bits per heavy atom. The van der Waals surface area contributed by atoms with E-state index in [-0.39, 0.29) is 29.9 Å². The van der Waals surface area contributed by atoms with Crippen LogP contribution in [0.25, 0.3) is 0 Å². The van der Waals surface area contributed by atoms with E-state index >= 15 is 0 Å². The average Bonchev–Trinajstić information content (AvgIpc) is 3.11. The van der Waals surface area contributed by atoms with Gasteiger partial charge in [0.1, 0.15) is 0 Å². The molecule has 1 aromatic rings. The summed E-state index contributed by atoms with van der Waals surface area (Å²) in [5.41, 5.74) is 1.11. The van der Waals surface area contributed by atoms with Crippen molar-refractivity contribution in [3.63, 3.8) is 0 Å². The summed E-state index contributed by atoms with van der Waals surface area (Å²) in [4.78, 5) is 18.6. The van der Waals surface area contributed by atoms with Crippen LogP contribution in [0.3, 0.4) is 0 Å². The van der Waals surface area contributed by atoms with Crippen LogP contribution in [0.15, 0.2) is 35.3 Å². The van der Waals surface area contributed by atoms with Crippen LogP contribution in [0.4, 0.5) is 0 Å². The summed E-state index contributed by atoms with van der Waals surface area (Å²) in [5, 5.41) is 9.52. The summed E-state index contributed by atoms with van der Waals surface area (Å²) in [7, 11) is 1.76. The fourth-order valence-electron chi connectivity index (χ4n) is 3.16. The van der Waals surface area contributed by atoms with E-state index < -0.39 is 0 Å². The van der Waals surface area contributed by atoms with Gasteiger partial charge in [-0.1, -0.05) is 37.3 Å². The molecule has 0 saturated carbocycles. The molecular weight excluding hydrogens is 441 g/mol. The van der Waals surface area contributed by atoms with E-state index in [0.717, 1.165) is 24.6 Å². The molecule has 0 aromatic heterocycles. The predicted octanol–water partition coefficient (Wildman–Crippen LogP) is 1.96. The van der Waals surface area contributed by atoms with Crippen molar-refractivity contribution in [3.05, 3.63) is 35.9 Å². The Morgan fingerprint density at radius 1 is 1.23 bits per heavy atom. The van der Waals surface area contributed by atoms with Gasteiger partial charge in [0.25, 0.3) is 0 Å². The van der Waals surface area contributed by atoms with Crippen molar-refractivity contribution in [3.8, 4) is 0 Å². The molecule has 1 unspecified atom stereocenters. The van der Waals surface area contributed by atoms with Gasteiger partial charge in [0, 0.05) is 39.1 Å². The Labute approximate surface area is 174 Å². The summed E-state index contributed by atoms with van der Waals surface area (Å²) >= 11 is 0. The summed E-state index contributed by atoms with van der Waals surface area (Å²) in [6.07, 6.45) is 2.94. The molecule has 7 heteroatoms. The van der Waals surface area contributed by atoms with Crippen molar-refractivity contribution >= 4 is 35.8 Å². The van der Waals surface area contributed by atoms with E-state index in [0.29, 0.717) is 25.6 Å². The molecule has 2 rings (SSSR count). The lowest BCUT2D eigenvalue weighted by molar-refractivity contribution is -0.121. The molecule has 0 spiro atoms. The van der Waals surface area contributed by atoms with Crippen molar-refractivity contribution in [1.29, 1.82) is 0 Å². The van der Waals surface area contributed by atoms with E-state index in [9.17, 15) is 4.79 Å². The summed E-state index contributed by atoms with van der Waals surface area (Å²) in [6, 6.07) is 10.5. The highest BCUT2D eigenvalue weighted by atomic mass is 127. The third-order valence-electron chi connectivity index (χ3n) is 4.61. The normalized spacial score (nSPS) is 17.5. The van der Waals surface area contributed by atoms with Crippen molar-refractivity contribution in [1.82, 2.24) is 20.9 Å². The molecule has 1 aliphatic rings. The highest BCUT2D eigenvalue weighted by Gasteiger charge is 2.22. The fraction of sp³-hybridized carbons (Fsp3) is 0.579. The number of nitrogens with one attached hydrogen (secondary N) is 3. The number of carbonyl (C=O) groups excluding carboxylic acids is 1. The first kappa shape index (κ1) is 22.7. The van der Waals surface area contributed by atoms with Gasteiger partial charge in [-0.25, -0.2) is 0 Å². The molecular formula is C19H32IN5O. The number of carbonyl (C=O) groups is 1. The molecule has 1 saturated heterocycles. The second-order valence-corrected chi connectivity index (χ2v) is 6.32. The number of likely N-dealkylation sites (N-methyl/N-ethyl adjacent to an activating group) is 1. The minimum absolute atomic E-state index is 0. The molecule has 1 amide bonds. The van der Waals surface area contributed by atoms with E-state index in [2.05, 4.69) is 32.8 Å². The number of likely N-dealkylation sites (tertiary alicyclic amines) is 1. The number of aliphatic imine (C=N–C) groups is 1. The zero-order valence-corrected chi connectivity index (χ0v) is 18.2. The SMILES string of the molecule is CCN1CCCC1CNC(=NC)NCCC(=O)NCc1ccccc1.I. The highest BCUT2D eigenvalue weighted by Crippen LogP contribution is 2.15. The molecule has 3 N–H and O–H groups in total. The molecule has 1 atom stereocenters. The smallest absolute Gasteiger partial charge is 0.222 e. The lowest BCUT2D eigenvalue weighted by atomic mass is 10.2. The van der Waals surface area contributed by atoms with Gasteiger partial charge < -0.3 is 16.0 Å². The first-order valence-electron chi connectivity index (χ1n) is 9.22. The number of hydrogen-bond acceptors (Lipinski definition) is 3. The minimum Gasteiger partial charge on any atom is -0.356 e. The Hall–Kier alpha value is -1.35. The Morgan fingerprint density at radius 3 is 2.69 bits per heavy atom. The molecule has 0 aliphatic carbocycles. The van der Waals surface area contributed by atoms with E-state index in [4.69, 9.17) is 0 Å². The quantitative estimate of drug-likeness (QED) is 0.307. The third kappa shape index (κ3) is 7.90. The molecule has 0 radical (unpaired) electrons. The van der Waals surface area contributed by atoms with Crippen molar-refractivity contribution in [2.45, 2.75) is 38.8 Å². The van der Waals surface area contributed by atoms with E-state index in [1.54, 1.807) is 7.05 Å². The summed E-state index contributed by atoms with van der Waals surface area (Å²) in [6.45, 7) is 6.53. The minimum atomic E-state index is 0. The Balaban J connectivity index is 0.00000338. The molecule has 146 valence electrons. The molecule has 1 heterocycles. The van der Waals surface area contributed by atoms with Crippen LogP contribution in [-0.4, -0.2) is 56.0 Å². The van der Waals surface area contributed by atoms with E-state index in [1.165, 1.54) is 19.4 Å². The number of hydrogen-bond donors (Lipinski definition) is 3. The monoisotopic (exact) mass is 473 g/mol. The lowest BCUT2D eigenvalue weighted by Gasteiger charge is -2.23. The number of halogens is 1. The maximum Gasteiger partial charge on any atom is 0.222 e. The largest absolute Gasteiger partial charge is 0.356 e. The molecule has 26 heavy (non-hydrogen) atoms. The zero-order valence-electron chi connectivity index (χ0n) is 15.8. The van der Waals surface area contributed by atoms with Crippen LogP contribution < -0.4 is 16.0 Å². The van der Waals surface area contributed by atoms with E-state index in [1.807, 2.05) is 30.3 Å². The van der Waals surface area contributed by atoms with Crippen molar-refractivity contribution in [2.75, 3.05) is 33.2 Å². The van der Waals surface area contributed by atoms with Crippen LogP contribution in [0.2, 0.25) is 0 Å². The van der Waals surface area contributed by atoms with Crippen LogP contribution in [0.1, 0.15) is 31.7 Å². The van der Waals surface area contributed by atoms with Gasteiger partial charge in [-0.3, -0.25) is 14.7 Å². The summed E-state index contributed by atoms with van der Waals surface area (Å²) in [5.74, 6) is 0.804. The summed E-state index contributed by atoms with van der Waals surface area (Å²) < 4.78 is 0. The zero-order chi connectivity index (χ0) is 17.9. The molecule has 1 fully saturated rings. The van der Waals surface area contributed by atoms with Gasteiger partial charge in [0.05, 0.1) is 0 Å². The van der Waals surface area contributed by atoms with Gasteiger partial charge >= 0.3 is 0 Å². The first-order valence-corrected chi connectivity index (χ1v) is 9.22. The third-order valence-corrected chi connectivity index (χ3v) is 4.61. The van der Waals surface area contributed by atoms with Gasteiger partial charge in [-0.05, 0) is 31.5 Å². The standard InChI is InChI=1S/C19H31N5O.HI/c1-3-24-13-7-10-17(24)15-23-19(20-2)21-12-11-18(25)22-14-16-8-5-4-6-9-16;/h4-6,8-9,17H,3,7,10-15H2,1-2H3,(H,22,25)(H2,20,21,23);1H.